The molecule has 0 radical (unpaired) electrons. The molecule has 1 saturated heterocycles. The molecule has 1 heterocycles. The summed E-state index contributed by atoms with van der Waals surface area (Å²) in [6, 6.07) is 7.67. The maximum absolute atomic E-state index is 11.4. The molecular weight excluding hydrogens is 204 g/mol. The Bertz CT molecular complexity index is 396. The largest absolute Gasteiger partial charge is 0.497 e. The normalized spacial score (nSPS) is 28.9. The number of benzene rings is 1. The van der Waals surface area contributed by atoms with Gasteiger partial charge in [-0.15, -0.1) is 0 Å². The Balaban J connectivity index is 2.26. The van der Waals surface area contributed by atoms with E-state index in [2.05, 4.69) is 0 Å². The predicted molar refractivity (Wildman–Crippen MR) is 60.2 cm³/mol. The molecule has 0 N–H and O–H groups in total. The quantitative estimate of drug-likeness (QED) is 0.718. The zero-order valence-corrected chi connectivity index (χ0v) is 9.82. The first-order valence-corrected chi connectivity index (χ1v) is 5.42. The minimum atomic E-state index is -0.483. The maximum atomic E-state index is 11.4. The van der Waals surface area contributed by atoms with Crippen LogP contribution in [0, 0.1) is 5.92 Å². The molecule has 0 spiro atoms. The van der Waals surface area contributed by atoms with Crippen molar-refractivity contribution in [3.63, 3.8) is 0 Å². The number of methoxy groups -OCH3 is 1. The van der Waals surface area contributed by atoms with Crippen molar-refractivity contribution < 1.29 is 14.3 Å². The van der Waals surface area contributed by atoms with Crippen molar-refractivity contribution >= 4 is 5.97 Å². The Morgan fingerprint density at radius 2 is 2.00 bits per heavy atom. The summed E-state index contributed by atoms with van der Waals surface area (Å²) in [5.41, 5.74) is 0.536. The highest BCUT2D eigenvalue weighted by Crippen LogP contribution is 2.39. The molecule has 0 unspecified atom stereocenters. The number of esters is 1. The lowest BCUT2D eigenvalue weighted by atomic mass is 9.89. The highest BCUT2D eigenvalue weighted by Gasteiger charge is 2.42. The third kappa shape index (κ3) is 1.77. The number of cyclic esters (lactones) is 1. The fraction of sp³-hybridized carbons (Fsp3) is 0.462. The van der Waals surface area contributed by atoms with Gasteiger partial charge in [-0.2, -0.15) is 0 Å². The van der Waals surface area contributed by atoms with Gasteiger partial charge in [0.1, 0.15) is 11.4 Å². The molecule has 2 atom stereocenters. The fourth-order valence-electron chi connectivity index (χ4n) is 2.15. The van der Waals surface area contributed by atoms with E-state index in [-0.39, 0.29) is 11.9 Å². The average Bonchev–Trinajstić information content (AvgIpc) is 2.54. The van der Waals surface area contributed by atoms with E-state index in [1.165, 1.54) is 0 Å². The molecule has 3 nitrogen and oxygen atoms in total. The molecule has 1 aromatic carbocycles. The number of ether oxygens (including phenoxy) is 2. The lowest BCUT2D eigenvalue weighted by Crippen LogP contribution is -2.20. The van der Waals surface area contributed by atoms with Crippen LogP contribution < -0.4 is 4.74 Å². The van der Waals surface area contributed by atoms with Crippen LogP contribution in [0.1, 0.15) is 25.8 Å². The van der Waals surface area contributed by atoms with Gasteiger partial charge < -0.3 is 9.47 Å². The van der Waals surface area contributed by atoms with Crippen LogP contribution in [0.4, 0.5) is 0 Å². The zero-order valence-electron chi connectivity index (χ0n) is 9.82. The van der Waals surface area contributed by atoms with Crippen molar-refractivity contribution in [3.8, 4) is 5.75 Å². The third-order valence-electron chi connectivity index (χ3n) is 3.12. The van der Waals surface area contributed by atoms with E-state index in [0.29, 0.717) is 0 Å². The summed E-state index contributed by atoms with van der Waals surface area (Å²) in [6.45, 7) is 3.85. The molecular formula is C13H16O3. The van der Waals surface area contributed by atoms with Crippen molar-refractivity contribution in [2.75, 3.05) is 7.11 Å². The summed E-state index contributed by atoms with van der Waals surface area (Å²) in [6.07, 6.45) is 0.734. The molecule has 0 saturated carbocycles. The molecule has 1 fully saturated rings. The van der Waals surface area contributed by atoms with Crippen molar-refractivity contribution in [1.82, 2.24) is 0 Å². The predicted octanol–water partition coefficient (Wildman–Crippen LogP) is 2.49. The van der Waals surface area contributed by atoms with Crippen LogP contribution in [-0.4, -0.2) is 13.1 Å². The van der Waals surface area contributed by atoms with E-state index in [1.807, 2.05) is 38.1 Å². The number of hydrogen-bond donors (Lipinski definition) is 0. The van der Waals surface area contributed by atoms with Crippen molar-refractivity contribution in [1.29, 1.82) is 0 Å². The SMILES string of the molecule is COc1ccc([C@]2(C)C[C@H](C)C(=O)O2)cc1. The Labute approximate surface area is 95.4 Å². The van der Waals surface area contributed by atoms with Gasteiger partial charge in [0.15, 0.2) is 0 Å². The lowest BCUT2D eigenvalue weighted by Gasteiger charge is -2.23. The van der Waals surface area contributed by atoms with Crippen LogP contribution >= 0.6 is 0 Å². The fourth-order valence-corrected chi connectivity index (χ4v) is 2.15. The molecule has 0 aliphatic carbocycles. The van der Waals surface area contributed by atoms with E-state index in [9.17, 15) is 4.79 Å². The summed E-state index contributed by atoms with van der Waals surface area (Å²) >= 11 is 0. The minimum Gasteiger partial charge on any atom is -0.497 e. The molecule has 16 heavy (non-hydrogen) atoms. The second-order valence-corrected chi connectivity index (χ2v) is 4.49. The molecule has 0 bridgehead atoms. The van der Waals surface area contributed by atoms with Gasteiger partial charge in [-0.3, -0.25) is 4.79 Å². The average molecular weight is 220 g/mol. The Morgan fingerprint density at radius 1 is 1.38 bits per heavy atom. The lowest BCUT2D eigenvalue weighted by molar-refractivity contribution is -0.149. The van der Waals surface area contributed by atoms with Crippen LogP contribution in [-0.2, 0) is 15.1 Å². The van der Waals surface area contributed by atoms with Gasteiger partial charge in [0.25, 0.3) is 0 Å². The number of carbonyl (C=O) groups is 1. The van der Waals surface area contributed by atoms with Crippen LogP contribution in [0.15, 0.2) is 24.3 Å². The van der Waals surface area contributed by atoms with E-state index >= 15 is 0 Å². The van der Waals surface area contributed by atoms with Gasteiger partial charge in [-0.25, -0.2) is 0 Å². The molecule has 0 aromatic heterocycles. The van der Waals surface area contributed by atoms with E-state index < -0.39 is 5.60 Å². The van der Waals surface area contributed by atoms with Gasteiger partial charge in [0.05, 0.1) is 13.0 Å². The van der Waals surface area contributed by atoms with Crippen LogP contribution in [0.5, 0.6) is 5.75 Å². The smallest absolute Gasteiger partial charge is 0.309 e. The van der Waals surface area contributed by atoms with Crippen molar-refractivity contribution in [2.45, 2.75) is 25.9 Å². The Hall–Kier alpha value is -1.51. The van der Waals surface area contributed by atoms with Crippen LogP contribution in [0.3, 0.4) is 0 Å². The molecule has 0 amide bonds. The number of rotatable bonds is 2. The summed E-state index contributed by atoms with van der Waals surface area (Å²) < 4.78 is 10.5. The minimum absolute atomic E-state index is 0.0212. The molecule has 1 aliphatic rings. The monoisotopic (exact) mass is 220 g/mol. The molecule has 86 valence electrons. The van der Waals surface area contributed by atoms with Gasteiger partial charge in [0, 0.05) is 6.42 Å². The maximum Gasteiger partial charge on any atom is 0.309 e. The first kappa shape index (κ1) is 11.0. The Morgan fingerprint density at radius 3 is 2.44 bits per heavy atom. The van der Waals surface area contributed by atoms with Gasteiger partial charge in [-0.1, -0.05) is 19.1 Å². The zero-order chi connectivity index (χ0) is 11.8. The van der Waals surface area contributed by atoms with Gasteiger partial charge in [-0.05, 0) is 24.6 Å². The second-order valence-electron chi connectivity index (χ2n) is 4.49. The second kappa shape index (κ2) is 3.81. The third-order valence-corrected chi connectivity index (χ3v) is 3.12. The van der Waals surface area contributed by atoms with Crippen LogP contribution in [0.2, 0.25) is 0 Å². The van der Waals surface area contributed by atoms with Crippen molar-refractivity contribution in [3.05, 3.63) is 29.8 Å². The van der Waals surface area contributed by atoms with E-state index in [4.69, 9.17) is 9.47 Å². The van der Waals surface area contributed by atoms with Crippen LogP contribution in [0.25, 0.3) is 0 Å². The molecule has 1 aromatic rings. The summed E-state index contributed by atoms with van der Waals surface area (Å²) in [5.74, 6) is 0.676. The topological polar surface area (TPSA) is 35.5 Å². The first-order valence-electron chi connectivity index (χ1n) is 5.42. The highest BCUT2D eigenvalue weighted by molar-refractivity contribution is 5.75. The standard InChI is InChI=1S/C13H16O3/c1-9-8-13(2,16-12(9)14)10-4-6-11(15-3)7-5-10/h4-7,9H,8H2,1-3H3/t9-,13-/m0/s1. The van der Waals surface area contributed by atoms with Gasteiger partial charge in [0.2, 0.25) is 0 Å². The number of hydrogen-bond acceptors (Lipinski definition) is 3. The van der Waals surface area contributed by atoms with Gasteiger partial charge >= 0.3 is 5.97 Å². The van der Waals surface area contributed by atoms with Crippen molar-refractivity contribution in [2.24, 2.45) is 5.92 Å². The molecule has 2 rings (SSSR count). The number of carbonyl (C=O) groups excluding carboxylic acids is 1. The summed E-state index contributed by atoms with van der Waals surface area (Å²) in [5, 5.41) is 0. The van der Waals surface area contributed by atoms with E-state index in [1.54, 1.807) is 7.11 Å². The highest BCUT2D eigenvalue weighted by atomic mass is 16.6. The molecule has 1 aliphatic heterocycles. The summed E-state index contributed by atoms with van der Waals surface area (Å²) in [4.78, 5) is 11.4. The van der Waals surface area contributed by atoms with E-state index in [0.717, 1.165) is 17.7 Å². The first-order chi connectivity index (χ1) is 7.55. The summed E-state index contributed by atoms with van der Waals surface area (Å²) in [7, 11) is 1.63. The Kier molecular flexibility index (Phi) is 2.62. The molecule has 3 heteroatoms.